The molecule has 2 atom stereocenters. The third kappa shape index (κ3) is 3.27. The molecule has 21 heavy (non-hydrogen) atoms. The second-order valence-corrected chi connectivity index (χ2v) is 9.91. The minimum Gasteiger partial charge on any atom is -0.316 e. The van der Waals surface area contributed by atoms with Gasteiger partial charge in [-0.2, -0.15) is 0 Å². The topological polar surface area (TPSA) is 34.1 Å². The molecule has 0 N–H and O–H groups in total. The molecule has 2 nitrogen and oxygen atoms in total. The lowest BCUT2D eigenvalue weighted by Gasteiger charge is -2.00. The van der Waals surface area contributed by atoms with Gasteiger partial charge in [0.25, 0.3) is 0 Å². The summed E-state index contributed by atoms with van der Waals surface area (Å²) in [5.41, 5.74) is 0. The van der Waals surface area contributed by atoms with Crippen molar-refractivity contribution in [2.45, 2.75) is 0 Å². The van der Waals surface area contributed by atoms with Gasteiger partial charge in [-0.1, -0.05) is 60.7 Å². The van der Waals surface area contributed by atoms with E-state index in [1.54, 1.807) is 0 Å². The molecule has 0 amide bonds. The number of rotatable bonds is 4. The smallest absolute Gasteiger partial charge is 0.141 e. The zero-order chi connectivity index (χ0) is 14.7. The van der Waals surface area contributed by atoms with Crippen molar-refractivity contribution in [2.24, 2.45) is 0 Å². The molecule has 0 radical (unpaired) electrons. The fourth-order valence-electron chi connectivity index (χ4n) is 2.05. The van der Waals surface area contributed by atoms with Crippen LogP contribution in [0.2, 0.25) is 0 Å². The van der Waals surface area contributed by atoms with E-state index in [4.69, 9.17) is 0 Å². The summed E-state index contributed by atoms with van der Waals surface area (Å²) in [6, 6.07) is 22.6. The normalized spacial score (nSPS) is 13.7. The Morgan fingerprint density at radius 3 is 1.33 bits per heavy atom. The van der Waals surface area contributed by atoms with Crippen LogP contribution in [0.15, 0.2) is 72.8 Å². The van der Waals surface area contributed by atoms with Gasteiger partial charge in [0.15, 0.2) is 0 Å². The van der Waals surface area contributed by atoms with Crippen LogP contribution in [0.25, 0.3) is 0 Å². The Bertz CT molecular complexity index is 716. The molecule has 1 heterocycles. The molecule has 0 saturated heterocycles. The molecule has 2 aromatic carbocycles. The molecule has 5 heteroatoms. The van der Waals surface area contributed by atoms with Crippen molar-refractivity contribution in [3.8, 4) is 0 Å². The van der Waals surface area contributed by atoms with E-state index in [9.17, 15) is 9.13 Å². The van der Waals surface area contributed by atoms with Gasteiger partial charge < -0.3 is 9.13 Å². The molecule has 0 spiro atoms. The van der Waals surface area contributed by atoms with Crippen LogP contribution in [0.5, 0.6) is 0 Å². The maximum atomic E-state index is 12.5. The lowest BCUT2D eigenvalue weighted by Crippen LogP contribution is -2.04. The van der Waals surface area contributed by atoms with E-state index in [0.29, 0.717) is 0 Å². The van der Waals surface area contributed by atoms with Crippen LogP contribution in [0, 0.1) is 0 Å². The van der Waals surface area contributed by atoms with Crippen LogP contribution in [0.1, 0.15) is 0 Å². The second-order valence-electron chi connectivity index (χ2n) is 4.55. The molecule has 2 unspecified atom stereocenters. The highest BCUT2D eigenvalue weighted by molar-refractivity contribution is 7.74. The van der Waals surface area contributed by atoms with Crippen LogP contribution < -0.4 is 19.8 Å². The van der Waals surface area contributed by atoms with E-state index in [-0.39, 0.29) is 0 Å². The number of thiophene rings is 1. The molecule has 3 rings (SSSR count). The SMILES string of the molecule is O=[PH](c1ccccc1)c1ccc([PH](=O)c2ccccc2)s1. The first-order valence-corrected chi connectivity index (χ1v) is 10.2. The molecule has 0 aliphatic heterocycles. The molecule has 0 fully saturated rings. The number of benzene rings is 2. The van der Waals surface area contributed by atoms with Crippen LogP contribution >= 0.6 is 26.9 Å². The van der Waals surface area contributed by atoms with E-state index in [1.165, 1.54) is 11.3 Å². The third-order valence-electron chi connectivity index (χ3n) is 3.13. The van der Waals surface area contributed by atoms with Crippen molar-refractivity contribution in [1.29, 1.82) is 0 Å². The maximum absolute atomic E-state index is 12.5. The van der Waals surface area contributed by atoms with E-state index in [1.807, 2.05) is 72.8 Å². The van der Waals surface area contributed by atoms with Gasteiger partial charge in [0.05, 0.1) is 9.24 Å². The highest BCUT2D eigenvalue weighted by atomic mass is 32.1. The Hall–Kier alpha value is -1.40. The molecule has 0 saturated carbocycles. The molecule has 0 bridgehead atoms. The summed E-state index contributed by atoms with van der Waals surface area (Å²) in [6.45, 7) is 0. The molecule has 0 aliphatic rings. The Labute approximate surface area is 129 Å². The zero-order valence-electron chi connectivity index (χ0n) is 11.2. The minimum absolute atomic E-state index is 0.815. The molecule has 0 aliphatic carbocycles. The lowest BCUT2D eigenvalue weighted by atomic mass is 10.4. The maximum Gasteiger partial charge on any atom is 0.141 e. The van der Waals surface area contributed by atoms with Crippen molar-refractivity contribution in [2.75, 3.05) is 0 Å². The van der Waals surface area contributed by atoms with Gasteiger partial charge in [0.2, 0.25) is 0 Å². The third-order valence-corrected chi connectivity index (χ3v) is 8.51. The van der Waals surface area contributed by atoms with Gasteiger partial charge in [-0.15, -0.1) is 11.3 Å². The predicted octanol–water partition coefficient (Wildman–Crippen LogP) is 2.77. The first-order chi connectivity index (χ1) is 10.3. The summed E-state index contributed by atoms with van der Waals surface area (Å²) in [5, 5.41) is 1.69. The minimum atomic E-state index is -1.99. The van der Waals surface area contributed by atoms with Gasteiger partial charge in [-0.3, -0.25) is 0 Å². The van der Waals surface area contributed by atoms with E-state index in [0.717, 1.165) is 19.8 Å². The fourth-order valence-corrected chi connectivity index (χ4v) is 7.00. The summed E-state index contributed by atoms with van der Waals surface area (Å²) in [6.07, 6.45) is 0. The van der Waals surface area contributed by atoms with Gasteiger partial charge in [-0.25, -0.2) is 0 Å². The van der Waals surface area contributed by atoms with Crippen LogP contribution in [-0.4, -0.2) is 0 Å². The summed E-state index contributed by atoms with van der Waals surface area (Å²) in [4.78, 5) is 0. The van der Waals surface area contributed by atoms with Crippen LogP contribution in [-0.2, 0) is 9.13 Å². The summed E-state index contributed by atoms with van der Waals surface area (Å²) in [5.74, 6) is 0. The highest BCUT2D eigenvalue weighted by Gasteiger charge is 2.13. The summed E-state index contributed by atoms with van der Waals surface area (Å²) in [7, 11) is -3.98. The Morgan fingerprint density at radius 2 is 0.952 bits per heavy atom. The largest absolute Gasteiger partial charge is 0.316 e. The predicted molar refractivity (Wildman–Crippen MR) is 93.7 cm³/mol. The van der Waals surface area contributed by atoms with Crippen molar-refractivity contribution >= 4 is 46.8 Å². The van der Waals surface area contributed by atoms with Crippen molar-refractivity contribution in [1.82, 2.24) is 0 Å². The van der Waals surface area contributed by atoms with Gasteiger partial charge in [0, 0.05) is 10.6 Å². The van der Waals surface area contributed by atoms with Crippen molar-refractivity contribution in [3.05, 3.63) is 72.8 Å². The first kappa shape index (κ1) is 14.5. The summed E-state index contributed by atoms with van der Waals surface area (Å²) >= 11 is 1.40. The fraction of sp³-hybridized carbons (Fsp3) is 0. The second kappa shape index (κ2) is 6.58. The molecule has 106 valence electrons. The zero-order valence-corrected chi connectivity index (χ0v) is 14.0. The van der Waals surface area contributed by atoms with Crippen molar-refractivity contribution < 1.29 is 9.13 Å². The monoisotopic (exact) mass is 332 g/mol. The average molecular weight is 332 g/mol. The lowest BCUT2D eigenvalue weighted by molar-refractivity contribution is 0.597. The van der Waals surface area contributed by atoms with E-state index >= 15 is 0 Å². The summed E-state index contributed by atoms with van der Waals surface area (Å²) < 4.78 is 26.7. The highest BCUT2D eigenvalue weighted by Crippen LogP contribution is 2.27. The first-order valence-electron chi connectivity index (χ1n) is 6.55. The van der Waals surface area contributed by atoms with Gasteiger partial charge in [-0.05, 0) is 12.1 Å². The van der Waals surface area contributed by atoms with Crippen LogP contribution in [0.4, 0.5) is 0 Å². The molecule has 1 aromatic heterocycles. The van der Waals surface area contributed by atoms with Crippen LogP contribution in [0.3, 0.4) is 0 Å². The molecular formula is C16H14O2P2S. The average Bonchev–Trinajstić information content (AvgIpc) is 3.05. The standard InChI is InChI=1S/C16H14O2P2S/c17-19(13-7-3-1-4-8-13)15-11-12-16(21-15)20(18)14-9-5-2-6-10-14/h1-12,19-20H. The Kier molecular flexibility index (Phi) is 4.55. The Morgan fingerprint density at radius 1 is 0.571 bits per heavy atom. The van der Waals surface area contributed by atoms with E-state index < -0.39 is 15.6 Å². The molecular weight excluding hydrogens is 318 g/mol. The number of hydrogen-bond acceptors (Lipinski definition) is 3. The Balaban J connectivity index is 1.87. The number of hydrogen-bond donors (Lipinski definition) is 0. The van der Waals surface area contributed by atoms with Gasteiger partial charge >= 0.3 is 0 Å². The molecule has 3 aromatic rings. The van der Waals surface area contributed by atoms with Crippen molar-refractivity contribution in [3.63, 3.8) is 0 Å². The van der Waals surface area contributed by atoms with E-state index in [2.05, 4.69) is 0 Å². The quantitative estimate of drug-likeness (QED) is 0.689. The van der Waals surface area contributed by atoms with Gasteiger partial charge in [0.1, 0.15) is 15.6 Å².